The van der Waals surface area contributed by atoms with E-state index in [1.165, 1.54) is 6.07 Å². The van der Waals surface area contributed by atoms with Gasteiger partial charge in [-0.05, 0) is 37.9 Å². The molecule has 0 aliphatic heterocycles. The van der Waals surface area contributed by atoms with E-state index in [0.29, 0.717) is 4.47 Å². The number of halogens is 1. The number of hydrogen-bond donors (Lipinski definition) is 2. The van der Waals surface area contributed by atoms with Crippen LogP contribution in [0.15, 0.2) is 22.7 Å². The van der Waals surface area contributed by atoms with Gasteiger partial charge in [-0.3, -0.25) is 15.4 Å². The molecule has 0 bridgehead atoms. The molecule has 0 amide bonds. The van der Waals surface area contributed by atoms with Crippen LogP contribution in [0.25, 0.3) is 0 Å². The number of nitrogens with zero attached hydrogens (tertiary/aromatic N) is 1. The maximum atomic E-state index is 10.8. The predicted octanol–water partition coefficient (Wildman–Crippen LogP) is 2.45. The summed E-state index contributed by atoms with van der Waals surface area (Å²) in [4.78, 5) is 10.4. The SMILES string of the molecule is O=[N+]([O-])c1cc(Br)ccc1OCNCCCCCO. The number of benzene rings is 1. The van der Waals surface area contributed by atoms with Crippen molar-refractivity contribution in [1.29, 1.82) is 0 Å². The van der Waals surface area contributed by atoms with E-state index in [1.807, 2.05) is 0 Å². The molecule has 0 unspecified atom stereocenters. The number of ether oxygens (including phenoxy) is 1. The van der Waals surface area contributed by atoms with Gasteiger partial charge in [-0.25, -0.2) is 0 Å². The van der Waals surface area contributed by atoms with Crippen molar-refractivity contribution >= 4 is 21.6 Å². The molecule has 7 heteroatoms. The largest absolute Gasteiger partial charge is 0.471 e. The second kappa shape index (κ2) is 8.84. The molecular weight excluding hydrogens is 316 g/mol. The van der Waals surface area contributed by atoms with Crippen molar-refractivity contribution in [1.82, 2.24) is 5.32 Å². The third-order valence-electron chi connectivity index (χ3n) is 2.46. The van der Waals surface area contributed by atoms with Gasteiger partial charge >= 0.3 is 5.69 Å². The first-order chi connectivity index (χ1) is 9.15. The van der Waals surface area contributed by atoms with Crippen LogP contribution in [0.2, 0.25) is 0 Å². The van der Waals surface area contributed by atoms with Gasteiger partial charge in [-0.2, -0.15) is 0 Å². The molecular formula is C12H17BrN2O4. The van der Waals surface area contributed by atoms with Crippen LogP contribution >= 0.6 is 15.9 Å². The summed E-state index contributed by atoms with van der Waals surface area (Å²) in [6.07, 6.45) is 2.68. The highest BCUT2D eigenvalue weighted by molar-refractivity contribution is 9.10. The molecule has 0 aromatic heterocycles. The van der Waals surface area contributed by atoms with Gasteiger partial charge in [0, 0.05) is 17.1 Å². The lowest BCUT2D eigenvalue weighted by Crippen LogP contribution is -2.21. The zero-order valence-electron chi connectivity index (χ0n) is 10.5. The number of aliphatic hydroxyl groups is 1. The molecule has 2 N–H and O–H groups in total. The first-order valence-electron chi connectivity index (χ1n) is 6.03. The van der Waals surface area contributed by atoms with Crippen LogP contribution in [0.3, 0.4) is 0 Å². The number of nitrogens with one attached hydrogen (secondary N) is 1. The highest BCUT2D eigenvalue weighted by Gasteiger charge is 2.15. The Labute approximate surface area is 120 Å². The number of rotatable bonds is 9. The van der Waals surface area contributed by atoms with Gasteiger partial charge in [0.15, 0.2) is 5.75 Å². The van der Waals surface area contributed by atoms with Crippen molar-refractivity contribution in [3.8, 4) is 5.75 Å². The Morgan fingerprint density at radius 3 is 2.84 bits per heavy atom. The number of unbranched alkanes of at least 4 members (excludes halogenated alkanes) is 2. The Hall–Kier alpha value is -1.18. The minimum absolute atomic E-state index is 0.0588. The normalized spacial score (nSPS) is 10.4. The molecule has 0 spiro atoms. The summed E-state index contributed by atoms with van der Waals surface area (Å²) in [7, 11) is 0. The lowest BCUT2D eigenvalue weighted by molar-refractivity contribution is -0.386. The third kappa shape index (κ3) is 6.00. The van der Waals surface area contributed by atoms with Crippen molar-refractivity contribution in [2.75, 3.05) is 19.9 Å². The molecule has 0 aliphatic carbocycles. The van der Waals surface area contributed by atoms with Crippen LogP contribution in [0.1, 0.15) is 19.3 Å². The Balaban J connectivity index is 2.35. The summed E-state index contributed by atoms with van der Waals surface area (Å²) in [6, 6.07) is 4.68. The Bertz CT molecular complexity index is 415. The fraction of sp³-hybridized carbons (Fsp3) is 0.500. The minimum Gasteiger partial charge on any atom is -0.471 e. The van der Waals surface area contributed by atoms with E-state index in [2.05, 4.69) is 21.2 Å². The fourth-order valence-corrected chi connectivity index (χ4v) is 1.84. The molecule has 106 valence electrons. The zero-order valence-corrected chi connectivity index (χ0v) is 12.1. The van der Waals surface area contributed by atoms with Crippen molar-refractivity contribution in [2.24, 2.45) is 0 Å². The summed E-state index contributed by atoms with van der Waals surface area (Å²) in [5.41, 5.74) is -0.0588. The first-order valence-corrected chi connectivity index (χ1v) is 6.82. The Morgan fingerprint density at radius 1 is 1.37 bits per heavy atom. The monoisotopic (exact) mass is 332 g/mol. The van der Waals surface area contributed by atoms with Crippen molar-refractivity contribution in [3.63, 3.8) is 0 Å². The van der Waals surface area contributed by atoms with Crippen LogP contribution in [0, 0.1) is 10.1 Å². The molecule has 0 saturated carbocycles. The smallest absolute Gasteiger partial charge is 0.312 e. The van der Waals surface area contributed by atoms with Gasteiger partial charge in [0.1, 0.15) is 6.73 Å². The van der Waals surface area contributed by atoms with Gasteiger partial charge in [-0.1, -0.05) is 15.9 Å². The average molecular weight is 333 g/mol. The van der Waals surface area contributed by atoms with E-state index in [0.717, 1.165) is 25.8 Å². The Kier molecular flexibility index (Phi) is 7.39. The topological polar surface area (TPSA) is 84.6 Å². The quantitative estimate of drug-likeness (QED) is 0.314. The van der Waals surface area contributed by atoms with Gasteiger partial charge in [0.05, 0.1) is 4.92 Å². The summed E-state index contributed by atoms with van der Waals surface area (Å²) < 4.78 is 5.98. The second-order valence-electron chi connectivity index (χ2n) is 3.94. The molecule has 0 radical (unpaired) electrons. The number of nitro benzene ring substituents is 1. The highest BCUT2D eigenvalue weighted by Crippen LogP contribution is 2.29. The fourth-order valence-electron chi connectivity index (χ4n) is 1.49. The van der Waals surface area contributed by atoms with Crippen molar-refractivity contribution < 1.29 is 14.8 Å². The number of nitro groups is 1. The molecule has 6 nitrogen and oxygen atoms in total. The molecule has 1 aromatic carbocycles. The lowest BCUT2D eigenvalue weighted by atomic mass is 10.2. The van der Waals surface area contributed by atoms with Crippen LogP contribution in [0.4, 0.5) is 5.69 Å². The second-order valence-corrected chi connectivity index (χ2v) is 4.86. The molecule has 0 fully saturated rings. The maximum Gasteiger partial charge on any atom is 0.312 e. The van der Waals surface area contributed by atoms with E-state index < -0.39 is 4.92 Å². The molecule has 0 aliphatic rings. The van der Waals surface area contributed by atoms with Crippen LogP contribution in [-0.4, -0.2) is 29.9 Å². The van der Waals surface area contributed by atoms with E-state index in [-0.39, 0.29) is 24.8 Å². The van der Waals surface area contributed by atoms with E-state index >= 15 is 0 Å². The van der Waals surface area contributed by atoms with Gasteiger partial charge in [-0.15, -0.1) is 0 Å². The minimum atomic E-state index is -0.471. The molecule has 1 aromatic rings. The standard InChI is InChI=1S/C12H17BrN2O4/c13-10-4-5-12(11(8-10)15(17)18)19-9-14-6-2-1-3-7-16/h4-5,8,14,16H,1-3,6-7,9H2. The van der Waals surface area contributed by atoms with E-state index in [4.69, 9.17) is 9.84 Å². The van der Waals surface area contributed by atoms with E-state index in [9.17, 15) is 10.1 Å². The summed E-state index contributed by atoms with van der Waals surface area (Å²) in [6.45, 7) is 1.19. The molecule has 0 saturated heterocycles. The summed E-state index contributed by atoms with van der Waals surface area (Å²) in [5.74, 6) is 0.246. The average Bonchev–Trinajstić information content (AvgIpc) is 2.39. The predicted molar refractivity (Wildman–Crippen MR) is 75.2 cm³/mol. The molecule has 19 heavy (non-hydrogen) atoms. The maximum absolute atomic E-state index is 10.8. The van der Waals surface area contributed by atoms with Crippen molar-refractivity contribution in [2.45, 2.75) is 19.3 Å². The van der Waals surface area contributed by atoms with Crippen LogP contribution in [-0.2, 0) is 0 Å². The number of aliphatic hydroxyl groups excluding tert-OH is 1. The summed E-state index contributed by atoms with van der Waals surface area (Å²) in [5, 5.41) is 22.5. The van der Waals surface area contributed by atoms with E-state index in [1.54, 1.807) is 12.1 Å². The zero-order chi connectivity index (χ0) is 14.1. The van der Waals surface area contributed by atoms with Crippen LogP contribution < -0.4 is 10.1 Å². The Morgan fingerprint density at radius 2 is 2.16 bits per heavy atom. The van der Waals surface area contributed by atoms with Gasteiger partial charge in [0.2, 0.25) is 0 Å². The molecule has 0 heterocycles. The molecule has 1 rings (SSSR count). The molecule has 0 atom stereocenters. The number of hydrogen-bond acceptors (Lipinski definition) is 5. The van der Waals surface area contributed by atoms with Crippen LogP contribution in [0.5, 0.6) is 5.75 Å². The van der Waals surface area contributed by atoms with Gasteiger partial charge < -0.3 is 9.84 Å². The highest BCUT2D eigenvalue weighted by atomic mass is 79.9. The van der Waals surface area contributed by atoms with Crippen molar-refractivity contribution in [3.05, 3.63) is 32.8 Å². The third-order valence-corrected chi connectivity index (χ3v) is 2.95. The van der Waals surface area contributed by atoms with Gasteiger partial charge in [0.25, 0.3) is 0 Å². The lowest BCUT2D eigenvalue weighted by Gasteiger charge is -2.08. The first kappa shape index (κ1) is 15.9. The summed E-state index contributed by atoms with van der Waals surface area (Å²) >= 11 is 3.19.